The Kier molecular flexibility index (Phi) is 6.92. The zero-order chi connectivity index (χ0) is 20.1. The van der Waals surface area contributed by atoms with Crippen molar-refractivity contribution in [1.29, 1.82) is 0 Å². The van der Waals surface area contributed by atoms with E-state index in [1.807, 2.05) is 29.2 Å². The summed E-state index contributed by atoms with van der Waals surface area (Å²) in [6.45, 7) is 4.76. The second-order valence-electron chi connectivity index (χ2n) is 6.70. The van der Waals surface area contributed by atoms with Gasteiger partial charge in [0.25, 0.3) is 5.91 Å². The second-order valence-corrected chi connectivity index (χ2v) is 7.54. The Balaban J connectivity index is 1.59. The number of hydrogen-bond donors (Lipinski definition) is 0. The van der Waals surface area contributed by atoms with E-state index >= 15 is 0 Å². The number of rotatable bonds is 5. The van der Waals surface area contributed by atoms with Gasteiger partial charge < -0.3 is 19.3 Å². The van der Waals surface area contributed by atoms with Crippen LogP contribution in [-0.2, 0) is 4.79 Å². The normalized spacial score (nSPS) is 15.7. The van der Waals surface area contributed by atoms with Gasteiger partial charge in [-0.05, 0) is 55.8 Å². The predicted molar refractivity (Wildman–Crippen MR) is 113 cm³/mol. The summed E-state index contributed by atoms with van der Waals surface area (Å²) in [4.78, 5) is 17.0. The Hall–Kier alpha value is -2.11. The minimum atomic E-state index is -0.619. The van der Waals surface area contributed by atoms with Gasteiger partial charge in [0.15, 0.2) is 6.10 Å². The second kappa shape index (κ2) is 9.39. The van der Waals surface area contributed by atoms with Crippen LogP contribution in [0.15, 0.2) is 42.5 Å². The van der Waals surface area contributed by atoms with E-state index in [4.69, 9.17) is 32.7 Å². The molecule has 0 bridgehead atoms. The van der Waals surface area contributed by atoms with Gasteiger partial charge in [0.1, 0.15) is 11.5 Å². The number of halogens is 2. The van der Waals surface area contributed by atoms with Crippen molar-refractivity contribution in [3.05, 3.63) is 52.5 Å². The summed E-state index contributed by atoms with van der Waals surface area (Å²) < 4.78 is 11.0. The van der Waals surface area contributed by atoms with Gasteiger partial charge in [-0.3, -0.25) is 4.79 Å². The van der Waals surface area contributed by atoms with Crippen LogP contribution in [0.25, 0.3) is 0 Å². The highest BCUT2D eigenvalue weighted by atomic mass is 35.5. The first kappa shape index (κ1) is 20.6. The molecule has 2 aromatic rings. The van der Waals surface area contributed by atoms with Crippen molar-refractivity contribution in [3.63, 3.8) is 0 Å². The van der Waals surface area contributed by atoms with E-state index in [0.717, 1.165) is 30.9 Å². The van der Waals surface area contributed by atoms with Gasteiger partial charge in [-0.2, -0.15) is 0 Å². The molecule has 0 aliphatic carbocycles. The van der Waals surface area contributed by atoms with Crippen LogP contribution in [0, 0.1) is 0 Å². The first-order valence-corrected chi connectivity index (χ1v) is 10.0. The summed E-state index contributed by atoms with van der Waals surface area (Å²) in [6, 6.07) is 13.0. The first-order chi connectivity index (χ1) is 13.5. The van der Waals surface area contributed by atoms with E-state index in [2.05, 4.69) is 4.90 Å². The fourth-order valence-corrected chi connectivity index (χ4v) is 3.71. The van der Waals surface area contributed by atoms with E-state index in [1.165, 1.54) is 0 Å². The number of ether oxygens (including phenoxy) is 2. The first-order valence-electron chi connectivity index (χ1n) is 9.27. The molecule has 0 radical (unpaired) electrons. The molecule has 1 unspecified atom stereocenters. The monoisotopic (exact) mass is 422 g/mol. The average molecular weight is 423 g/mol. The average Bonchev–Trinajstić information content (AvgIpc) is 2.96. The summed E-state index contributed by atoms with van der Waals surface area (Å²) >= 11 is 12.1. The summed E-state index contributed by atoms with van der Waals surface area (Å²) in [7, 11) is 1.66. The van der Waals surface area contributed by atoms with Gasteiger partial charge >= 0.3 is 0 Å². The summed E-state index contributed by atoms with van der Waals surface area (Å²) in [5, 5.41) is 0.927. The van der Waals surface area contributed by atoms with Gasteiger partial charge in [0.2, 0.25) is 0 Å². The Labute approximate surface area is 175 Å². The molecule has 1 heterocycles. The highest BCUT2D eigenvalue weighted by molar-refractivity contribution is 6.35. The summed E-state index contributed by atoms with van der Waals surface area (Å²) in [6.07, 6.45) is 0.276. The van der Waals surface area contributed by atoms with Gasteiger partial charge in [-0.1, -0.05) is 23.2 Å². The fourth-order valence-electron chi connectivity index (χ4n) is 3.26. The van der Waals surface area contributed by atoms with Gasteiger partial charge in [0, 0.05) is 36.9 Å². The van der Waals surface area contributed by atoms with Crippen LogP contribution in [0.4, 0.5) is 5.69 Å². The maximum absolute atomic E-state index is 12.9. The molecule has 1 fully saturated rings. The summed E-state index contributed by atoms with van der Waals surface area (Å²) in [5.74, 6) is 1.26. The third-order valence-electron chi connectivity index (χ3n) is 4.79. The SMILES string of the molecule is COc1ccc(N2CCCN(C(=O)C(C)Oc3ccc(Cl)cc3Cl)CC2)cc1. The van der Waals surface area contributed by atoms with E-state index < -0.39 is 6.10 Å². The number of benzene rings is 2. The third-order valence-corrected chi connectivity index (χ3v) is 5.32. The molecular formula is C21H24Cl2N2O3. The standard InChI is InChI=1S/C21H24Cl2N2O3/c1-15(28-20-9-4-16(22)14-19(20)23)21(26)25-11-3-10-24(12-13-25)17-5-7-18(27-2)8-6-17/h4-9,14-15H,3,10-13H2,1-2H3. The molecule has 1 aliphatic rings. The minimum Gasteiger partial charge on any atom is -0.497 e. The maximum Gasteiger partial charge on any atom is 0.263 e. The summed E-state index contributed by atoms with van der Waals surface area (Å²) in [5.41, 5.74) is 1.13. The zero-order valence-corrected chi connectivity index (χ0v) is 17.5. The highest BCUT2D eigenvalue weighted by Crippen LogP contribution is 2.28. The molecule has 0 aromatic heterocycles. The molecule has 0 saturated carbocycles. The van der Waals surface area contributed by atoms with Crippen LogP contribution in [0.3, 0.4) is 0 Å². The van der Waals surface area contributed by atoms with Crippen molar-refractivity contribution in [2.75, 3.05) is 38.2 Å². The van der Waals surface area contributed by atoms with Crippen LogP contribution < -0.4 is 14.4 Å². The number of carbonyl (C=O) groups is 1. The van der Waals surface area contributed by atoms with Crippen molar-refractivity contribution in [2.45, 2.75) is 19.4 Å². The maximum atomic E-state index is 12.9. The van der Waals surface area contributed by atoms with Crippen LogP contribution in [0.5, 0.6) is 11.5 Å². The van der Waals surface area contributed by atoms with Gasteiger partial charge in [-0.15, -0.1) is 0 Å². The quantitative estimate of drug-likeness (QED) is 0.710. The van der Waals surface area contributed by atoms with E-state index in [1.54, 1.807) is 32.2 Å². The number of carbonyl (C=O) groups excluding carboxylic acids is 1. The molecule has 5 nitrogen and oxygen atoms in total. The smallest absolute Gasteiger partial charge is 0.263 e. The molecule has 1 aliphatic heterocycles. The molecule has 0 spiro atoms. The van der Waals surface area contributed by atoms with Crippen molar-refractivity contribution in [1.82, 2.24) is 4.90 Å². The van der Waals surface area contributed by atoms with Crippen molar-refractivity contribution in [3.8, 4) is 11.5 Å². The molecular weight excluding hydrogens is 399 g/mol. The number of amides is 1. The number of hydrogen-bond acceptors (Lipinski definition) is 4. The van der Waals surface area contributed by atoms with Crippen molar-refractivity contribution in [2.24, 2.45) is 0 Å². The lowest BCUT2D eigenvalue weighted by Crippen LogP contribution is -2.42. The lowest BCUT2D eigenvalue weighted by molar-refractivity contribution is -0.137. The molecule has 1 saturated heterocycles. The zero-order valence-electron chi connectivity index (χ0n) is 16.0. The molecule has 28 heavy (non-hydrogen) atoms. The molecule has 1 atom stereocenters. The van der Waals surface area contributed by atoms with E-state index in [9.17, 15) is 4.79 Å². The van der Waals surface area contributed by atoms with E-state index in [0.29, 0.717) is 28.9 Å². The van der Waals surface area contributed by atoms with Crippen molar-refractivity contribution >= 4 is 34.8 Å². The lowest BCUT2D eigenvalue weighted by atomic mass is 10.2. The minimum absolute atomic E-state index is 0.0393. The molecule has 3 rings (SSSR count). The molecule has 0 N–H and O–H groups in total. The number of nitrogens with zero attached hydrogens (tertiary/aromatic N) is 2. The number of methoxy groups -OCH3 is 1. The Bertz CT molecular complexity index is 814. The highest BCUT2D eigenvalue weighted by Gasteiger charge is 2.25. The fraction of sp³-hybridized carbons (Fsp3) is 0.381. The van der Waals surface area contributed by atoms with Crippen LogP contribution in [0.1, 0.15) is 13.3 Å². The molecule has 1 amide bonds. The lowest BCUT2D eigenvalue weighted by Gasteiger charge is -2.26. The van der Waals surface area contributed by atoms with Gasteiger partial charge in [0.05, 0.1) is 12.1 Å². The number of anilines is 1. The topological polar surface area (TPSA) is 42.0 Å². The Morgan fingerprint density at radius 2 is 1.79 bits per heavy atom. The third kappa shape index (κ3) is 5.03. The van der Waals surface area contributed by atoms with Crippen LogP contribution in [-0.4, -0.2) is 50.2 Å². The largest absolute Gasteiger partial charge is 0.497 e. The molecule has 7 heteroatoms. The Morgan fingerprint density at radius 1 is 1.04 bits per heavy atom. The van der Waals surface area contributed by atoms with Crippen molar-refractivity contribution < 1.29 is 14.3 Å². The van der Waals surface area contributed by atoms with Crippen LogP contribution >= 0.6 is 23.2 Å². The Morgan fingerprint density at radius 3 is 2.46 bits per heavy atom. The van der Waals surface area contributed by atoms with Crippen LogP contribution in [0.2, 0.25) is 10.0 Å². The molecule has 150 valence electrons. The van der Waals surface area contributed by atoms with E-state index in [-0.39, 0.29) is 5.91 Å². The predicted octanol–water partition coefficient (Wildman–Crippen LogP) is 4.51. The molecule has 2 aromatic carbocycles. The van der Waals surface area contributed by atoms with Gasteiger partial charge in [-0.25, -0.2) is 0 Å².